The molecule has 2 fully saturated rings. The van der Waals surface area contributed by atoms with Crippen LogP contribution in [-0.2, 0) is 14.3 Å². The molecule has 0 bridgehead atoms. The molecule has 9 nitrogen and oxygen atoms in total. The quantitative estimate of drug-likeness (QED) is 0.536. The number of benzene rings is 1. The molecule has 0 aliphatic carbocycles. The van der Waals surface area contributed by atoms with Crippen LogP contribution < -0.4 is 20.4 Å². The fraction of sp³-hybridized carbons (Fsp3) is 0.571. The molecule has 0 radical (unpaired) electrons. The number of halogens is 7. The summed E-state index contributed by atoms with van der Waals surface area (Å²) in [5, 5.41) is 3.51. The first-order valence-electron chi connectivity index (χ1n) is 11.0. The number of alkyl halides is 6. The molecule has 0 spiro atoms. The van der Waals surface area contributed by atoms with E-state index in [1.165, 1.54) is 24.0 Å². The van der Waals surface area contributed by atoms with Crippen molar-refractivity contribution in [3.8, 4) is 0 Å². The van der Waals surface area contributed by atoms with Crippen LogP contribution in [0, 0.1) is 5.82 Å². The highest BCUT2D eigenvalue weighted by atomic mass is 19.4. The molecule has 16 heteroatoms. The molecule has 2 heterocycles. The third kappa shape index (κ3) is 6.72. The predicted molar refractivity (Wildman–Crippen MR) is 115 cm³/mol. The Morgan fingerprint density at radius 2 is 1.81 bits per heavy atom. The Morgan fingerprint density at radius 1 is 1.14 bits per heavy atom. The van der Waals surface area contributed by atoms with Crippen molar-refractivity contribution in [1.82, 2.24) is 15.5 Å². The van der Waals surface area contributed by atoms with Crippen LogP contribution in [0.5, 0.6) is 0 Å². The van der Waals surface area contributed by atoms with Gasteiger partial charge in [-0.05, 0) is 25.1 Å². The highest BCUT2D eigenvalue weighted by Gasteiger charge is 2.47. The predicted octanol–water partition coefficient (Wildman–Crippen LogP) is 2.36. The Bertz CT molecular complexity index is 1040. The maximum Gasteiger partial charge on any atom is 0.471 e. The topological polar surface area (TPSA) is 94.2 Å². The molecule has 2 aliphatic heterocycles. The minimum absolute atomic E-state index is 0.00909. The Morgan fingerprint density at radius 3 is 2.35 bits per heavy atom. The van der Waals surface area contributed by atoms with E-state index in [4.69, 9.17) is 4.74 Å². The van der Waals surface area contributed by atoms with Crippen LogP contribution in [0.1, 0.15) is 13.8 Å². The highest BCUT2D eigenvalue weighted by Crippen LogP contribution is 2.31. The highest BCUT2D eigenvalue weighted by molar-refractivity contribution is 5.90. The minimum Gasteiger partial charge on any atom is -0.442 e. The number of hydrogen-bond donors (Lipinski definition) is 2. The van der Waals surface area contributed by atoms with Crippen LogP contribution in [0.3, 0.4) is 0 Å². The smallest absolute Gasteiger partial charge is 0.442 e. The van der Waals surface area contributed by atoms with Crippen molar-refractivity contribution < 1.29 is 49.9 Å². The summed E-state index contributed by atoms with van der Waals surface area (Å²) in [6, 6.07) is 2.98. The summed E-state index contributed by atoms with van der Waals surface area (Å²) >= 11 is 0. The molecule has 2 saturated heterocycles. The normalized spacial score (nSPS) is 22.0. The van der Waals surface area contributed by atoms with Crippen LogP contribution >= 0.6 is 0 Å². The molecule has 1 aromatic rings. The number of carbonyl (C=O) groups is 3. The summed E-state index contributed by atoms with van der Waals surface area (Å²) in [5.41, 5.74) is 0.116. The molecule has 3 amide bonds. The van der Waals surface area contributed by atoms with E-state index in [2.05, 4.69) is 0 Å². The van der Waals surface area contributed by atoms with E-state index >= 15 is 0 Å². The zero-order valence-electron chi connectivity index (χ0n) is 19.6. The lowest BCUT2D eigenvalue weighted by Crippen LogP contribution is -2.64. The van der Waals surface area contributed by atoms with E-state index in [0.29, 0.717) is 0 Å². The van der Waals surface area contributed by atoms with E-state index in [1.54, 1.807) is 5.32 Å². The van der Waals surface area contributed by atoms with Crippen molar-refractivity contribution in [3.05, 3.63) is 24.0 Å². The van der Waals surface area contributed by atoms with E-state index in [1.807, 2.05) is 5.32 Å². The fourth-order valence-corrected chi connectivity index (χ4v) is 4.18. The van der Waals surface area contributed by atoms with E-state index in [0.717, 1.165) is 22.8 Å². The third-order valence-electron chi connectivity index (χ3n) is 5.87. The monoisotopic (exact) mass is 543 g/mol. The summed E-state index contributed by atoms with van der Waals surface area (Å²) < 4.78 is 97.3. The van der Waals surface area contributed by atoms with E-state index in [9.17, 15) is 45.1 Å². The Balaban J connectivity index is 1.65. The van der Waals surface area contributed by atoms with Gasteiger partial charge in [0.25, 0.3) is 0 Å². The van der Waals surface area contributed by atoms with Crippen LogP contribution in [0.2, 0.25) is 0 Å². The van der Waals surface area contributed by atoms with Gasteiger partial charge in [-0.1, -0.05) is 0 Å². The van der Waals surface area contributed by atoms with Gasteiger partial charge in [-0.15, -0.1) is 0 Å². The summed E-state index contributed by atoms with van der Waals surface area (Å²) in [6.45, 7) is 1.55. The van der Waals surface area contributed by atoms with Crippen molar-refractivity contribution in [3.63, 3.8) is 0 Å². The molecule has 206 valence electrons. The first kappa shape index (κ1) is 28.3. The maximum absolute atomic E-state index is 15.0. The Hall–Kier alpha value is -3.30. The van der Waals surface area contributed by atoms with Gasteiger partial charge in [-0.2, -0.15) is 26.3 Å². The molecule has 2 unspecified atom stereocenters. The molecular weight excluding hydrogens is 519 g/mol. The van der Waals surface area contributed by atoms with E-state index < -0.39 is 60.9 Å². The number of nitrogens with zero attached hydrogens (tertiary/aromatic N) is 3. The van der Waals surface area contributed by atoms with Crippen LogP contribution in [-0.4, -0.2) is 86.2 Å². The summed E-state index contributed by atoms with van der Waals surface area (Å²) in [4.78, 5) is 37.9. The number of amides is 3. The van der Waals surface area contributed by atoms with Gasteiger partial charge in [0.05, 0.1) is 24.5 Å². The van der Waals surface area contributed by atoms with Crippen molar-refractivity contribution in [2.45, 2.75) is 44.5 Å². The molecule has 3 rings (SSSR count). The largest absolute Gasteiger partial charge is 0.471 e. The molecule has 1 aromatic carbocycles. The van der Waals surface area contributed by atoms with Gasteiger partial charge < -0.3 is 20.3 Å². The standard InChI is InChI=1S/C21H24F7N5O4/c1-11-9-31(5-6-32(11)17(20(23,24)25)30-12(2)34)16-4-3-13(7-15(16)22)33-10-14(37-19(33)36)8-29-18(35)21(26,27)28/h3-4,7,11,14,17H,5-6,8-10H2,1-2H3,(H,29,35)(H,30,34)/t11?,14-,17?/m0/s1. The van der Waals surface area contributed by atoms with Gasteiger partial charge in [0, 0.05) is 32.6 Å². The zero-order valence-corrected chi connectivity index (χ0v) is 19.6. The average Bonchev–Trinajstić information content (AvgIpc) is 3.15. The number of ether oxygens (including phenoxy) is 1. The van der Waals surface area contributed by atoms with Gasteiger partial charge in [-0.25, -0.2) is 9.18 Å². The van der Waals surface area contributed by atoms with Gasteiger partial charge in [0.2, 0.25) is 5.91 Å². The molecule has 2 N–H and O–H groups in total. The van der Waals surface area contributed by atoms with Crippen LogP contribution in [0.25, 0.3) is 0 Å². The lowest BCUT2D eigenvalue weighted by Gasteiger charge is -2.45. The lowest BCUT2D eigenvalue weighted by atomic mass is 10.1. The number of rotatable bonds is 6. The number of cyclic esters (lactones) is 1. The SMILES string of the molecule is CC(=O)NC(N1CCN(c2ccc(N3C[C@H](CNC(=O)C(F)(F)F)OC3=O)cc2F)CC1C)C(F)(F)F. The van der Waals surface area contributed by atoms with Crippen LogP contribution in [0.15, 0.2) is 18.2 Å². The second kappa shape index (κ2) is 10.6. The molecule has 37 heavy (non-hydrogen) atoms. The van der Waals surface area contributed by atoms with Crippen molar-refractivity contribution >= 4 is 29.3 Å². The second-order valence-corrected chi connectivity index (χ2v) is 8.64. The first-order valence-corrected chi connectivity index (χ1v) is 11.0. The molecule has 3 atom stereocenters. The number of carbonyl (C=O) groups excluding carboxylic acids is 3. The van der Waals surface area contributed by atoms with Crippen molar-refractivity contribution in [1.29, 1.82) is 0 Å². The lowest BCUT2D eigenvalue weighted by molar-refractivity contribution is -0.200. The summed E-state index contributed by atoms with van der Waals surface area (Å²) in [5.74, 6) is -3.82. The van der Waals surface area contributed by atoms with Gasteiger partial charge in [-0.3, -0.25) is 19.4 Å². The third-order valence-corrected chi connectivity index (χ3v) is 5.87. The van der Waals surface area contributed by atoms with Gasteiger partial charge >= 0.3 is 24.4 Å². The summed E-state index contributed by atoms with van der Waals surface area (Å²) in [7, 11) is 0. The van der Waals surface area contributed by atoms with E-state index in [-0.39, 0.29) is 37.6 Å². The molecular formula is C21H24F7N5O4. The van der Waals surface area contributed by atoms with Crippen LogP contribution in [0.4, 0.5) is 46.9 Å². The Kier molecular flexibility index (Phi) is 8.09. The maximum atomic E-state index is 15.0. The number of hydrogen-bond acceptors (Lipinski definition) is 6. The van der Waals surface area contributed by atoms with Crippen molar-refractivity contribution in [2.75, 3.05) is 42.5 Å². The zero-order chi connectivity index (χ0) is 27.7. The molecule has 2 aliphatic rings. The number of anilines is 2. The molecule has 0 saturated carbocycles. The average molecular weight is 543 g/mol. The summed E-state index contributed by atoms with van der Waals surface area (Å²) in [6.07, 6.45) is -14.0. The second-order valence-electron chi connectivity index (χ2n) is 8.64. The minimum atomic E-state index is -5.10. The van der Waals surface area contributed by atoms with Gasteiger partial charge in [0.1, 0.15) is 11.9 Å². The fourth-order valence-electron chi connectivity index (χ4n) is 4.18. The number of piperazine rings is 1. The Labute approximate surface area is 206 Å². The first-order chi connectivity index (χ1) is 17.1. The number of nitrogens with one attached hydrogen (secondary N) is 2. The molecule has 0 aromatic heterocycles. The van der Waals surface area contributed by atoms with Crippen molar-refractivity contribution in [2.24, 2.45) is 0 Å². The van der Waals surface area contributed by atoms with Gasteiger partial charge in [0.15, 0.2) is 6.17 Å².